The number of hydrogen-bond donors (Lipinski definition) is 0. The molecule has 0 atom stereocenters. The summed E-state index contributed by atoms with van der Waals surface area (Å²) in [5.74, 6) is -0.866. The van der Waals surface area contributed by atoms with Crippen molar-refractivity contribution in [2.75, 3.05) is 33.0 Å². The molecule has 25 heavy (non-hydrogen) atoms. The molecule has 0 heterocycles. The first-order valence-corrected chi connectivity index (χ1v) is 8.75. The molecule has 140 valence electrons. The van der Waals surface area contributed by atoms with Gasteiger partial charge in [0, 0.05) is 13.2 Å². The standard InChI is InChI=1S/C19H28O6/c1-4-7-12-24-18(20)15-8-10-16(11-9-15)19(21)25-17(13-22-5-2)14-23-6-3/h8-11,17H,4-7,12-14H2,1-3H3. The van der Waals surface area contributed by atoms with Crippen LogP contribution in [0.15, 0.2) is 24.3 Å². The smallest absolute Gasteiger partial charge is 0.338 e. The molecule has 0 bridgehead atoms. The Labute approximate surface area is 149 Å². The van der Waals surface area contributed by atoms with Gasteiger partial charge in [0.15, 0.2) is 0 Å². The zero-order valence-electron chi connectivity index (χ0n) is 15.3. The normalized spacial score (nSPS) is 10.7. The predicted molar refractivity (Wildman–Crippen MR) is 93.8 cm³/mol. The zero-order valence-corrected chi connectivity index (χ0v) is 15.3. The average molecular weight is 352 g/mol. The van der Waals surface area contributed by atoms with Crippen LogP contribution in [0.1, 0.15) is 54.3 Å². The highest BCUT2D eigenvalue weighted by Crippen LogP contribution is 2.10. The minimum absolute atomic E-state index is 0.282. The third-order valence-corrected chi connectivity index (χ3v) is 3.38. The van der Waals surface area contributed by atoms with E-state index in [0.717, 1.165) is 12.8 Å². The zero-order chi connectivity index (χ0) is 18.5. The summed E-state index contributed by atoms with van der Waals surface area (Å²) in [7, 11) is 0. The monoisotopic (exact) mass is 352 g/mol. The van der Waals surface area contributed by atoms with E-state index in [1.165, 1.54) is 0 Å². The van der Waals surface area contributed by atoms with Crippen LogP contribution in [0.25, 0.3) is 0 Å². The summed E-state index contributed by atoms with van der Waals surface area (Å²) in [5, 5.41) is 0. The number of benzene rings is 1. The fraction of sp³-hybridized carbons (Fsp3) is 0.579. The van der Waals surface area contributed by atoms with Crippen LogP contribution in [0.5, 0.6) is 0 Å². The first kappa shape index (κ1) is 21.1. The third-order valence-electron chi connectivity index (χ3n) is 3.38. The van der Waals surface area contributed by atoms with Crippen molar-refractivity contribution in [2.45, 2.75) is 39.7 Å². The SMILES string of the molecule is CCCCOC(=O)c1ccc(C(=O)OC(COCC)COCC)cc1. The van der Waals surface area contributed by atoms with Crippen LogP contribution in [-0.4, -0.2) is 51.1 Å². The molecule has 0 spiro atoms. The van der Waals surface area contributed by atoms with Crippen molar-refractivity contribution < 1.29 is 28.5 Å². The lowest BCUT2D eigenvalue weighted by Crippen LogP contribution is -2.28. The molecule has 0 saturated heterocycles. The number of rotatable bonds is 12. The Morgan fingerprint density at radius 1 is 0.880 bits per heavy atom. The van der Waals surface area contributed by atoms with Crippen LogP contribution in [0, 0.1) is 0 Å². The van der Waals surface area contributed by atoms with Gasteiger partial charge in [0.2, 0.25) is 0 Å². The van der Waals surface area contributed by atoms with Crippen LogP contribution in [-0.2, 0) is 18.9 Å². The van der Waals surface area contributed by atoms with Crippen LogP contribution in [0.4, 0.5) is 0 Å². The fourth-order valence-electron chi connectivity index (χ4n) is 1.97. The van der Waals surface area contributed by atoms with Gasteiger partial charge in [0.05, 0.1) is 30.9 Å². The quantitative estimate of drug-likeness (QED) is 0.425. The van der Waals surface area contributed by atoms with E-state index in [9.17, 15) is 9.59 Å². The fourth-order valence-corrected chi connectivity index (χ4v) is 1.97. The molecule has 6 heteroatoms. The molecule has 0 N–H and O–H groups in total. The number of carbonyl (C=O) groups is 2. The van der Waals surface area contributed by atoms with Crippen LogP contribution >= 0.6 is 0 Å². The topological polar surface area (TPSA) is 71.1 Å². The molecule has 0 unspecified atom stereocenters. The highest BCUT2D eigenvalue weighted by Gasteiger charge is 2.17. The maximum atomic E-state index is 12.2. The van der Waals surface area contributed by atoms with E-state index in [0.29, 0.717) is 30.9 Å². The summed E-state index contributed by atoms with van der Waals surface area (Å²) < 4.78 is 21.2. The van der Waals surface area contributed by atoms with Crippen molar-refractivity contribution in [1.29, 1.82) is 0 Å². The summed E-state index contributed by atoms with van der Waals surface area (Å²) in [6, 6.07) is 6.23. The minimum Gasteiger partial charge on any atom is -0.462 e. The highest BCUT2D eigenvalue weighted by atomic mass is 16.6. The molecule has 1 aromatic rings. The van der Waals surface area contributed by atoms with E-state index >= 15 is 0 Å². The molecule has 0 saturated carbocycles. The average Bonchev–Trinajstić information content (AvgIpc) is 2.64. The maximum Gasteiger partial charge on any atom is 0.338 e. The van der Waals surface area contributed by atoms with Gasteiger partial charge in [-0.2, -0.15) is 0 Å². The molecule has 0 aliphatic carbocycles. The second kappa shape index (κ2) is 12.4. The summed E-state index contributed by atoms with van der Waals surface area (Å²) in [6.45, 7) is 7.81. The third kappa shape index (κ3) is 8.14. The van der Waals surface area contributed by atoms with Gasteiger partial charge < -0.3 is 18.9 Å². The molecule has 0 fully saturated rings. The number of carbonyl (C=O) groups excluding carboxylic acids is 2. The van der Waals surface area contributed by atoms with Gasteiger partial charge in [0.1, 0.15) is 6.10 Å². The summed E-state index contributed by atoms with van der Waals surface area (Å²) in [6.07, 6.45) is 1.32. The lowest BCUT2D eigenvalue weighted by atomic mass is 10.1. The van der Waals surface area contributed by atoms with Crippen molar-refractivity contribution in [3.8, 4) is 0 Å². The Morgan fingerprint density at radius 2 is 1.40 bits per heavy atom. The number of esters is 2. The molecule has 1 rings (SSSR count). The summed E-state index contributed by atoms with van der Waals surface area (Å²) in [5.41, 5.74) is 0.774. The van der Waals surface area contributed by atoms with E-state index in [1.807, 2.05) is 20.8 Å². The molecule has 0 aliphatic rings. The first-order valence-electron chi connectivity index (χ1n) is 8.75. The molecule has 0 aromatic heterocycles. The highest BCUT2D eigenvalue weighted by molar-refractivity contribution is 5.93. The van der Waals surface area contributed by atoms with E-state index in [1.54, 1.807) is 24.3 Å². The number of hydrogen-bond acceptors (Lipinski definition) is 6. The molecule has 0 radical (unpaired) electrons. The Morgan fingerprint density at radius 3 is 1.88 bits per heavy atom. The lowest BCUT2D eigenvalue weighted by Gasteiger charge is -2.17. The molecule has 0 amide bonds. The number of unbranched alkanes of at least 4 members (excludes halogenated alkanes) is 1. The van der Waals surface area contributed by atoms with E-state index in [4.69, 9.17) is 18.9 Å². The first-order chi connectivity index (χ1) is 12.1. The van der Waals surface area contributed by atoms with Gasteiger partial charge in [0.25, 0.3) is 0 Å². The predicted octanol–water partition coefficient (Wildman–Crippen LogP) is 3.24. The van der Waals surface area contributed by atoms with Crippen molar-refractivity contribution in [2.24, 2.45) is 0 Å². The van der Waals surface area contributed by atoms with E-state index < -0.39 is 12.1 Å². The number of ether oxygens (including phenoxy) is 4. The lowest BCUT2D eigenvalue weighted by molar-refractivity contribution is -0.0363. The molecular weight excluding hydrogens is 324 g/mol. The van der Waals surface area contributed by atoms with Crippen molar-refractivity contribution in [3.05, 3.63) is 35.4 Å². The van der Waals surface area contributed by atoms with Gasteiger partial charge in [-0.1, -0.05) is 13.3 Å². The van der Waals surface area contributed by atoms with E-state index in [-0.39, 0.29) is 19.2 Å². The molecule has 0 aliphatic heterocycles. The van der Waals surface area contributed by atoms with Gasteiger partial charge in [-0.15, -0.1) is 0 Å². The largest absolute Gasteiger partial charge is 0.462 e. The van der Waals surface area contributed by atoms with Crippen LogP contribution in [0.3, 0.4) is 0 Å². The van der Waals surface area contributed by atoms with Crippen molar-refractivity contribution in [1.82, 2.24) is 0 Å². The molecular formula is C19H28O6. The van der Waals surface area contributed by atoms with Gasteiger partial charge in [-0.3, -0.25) is 0 Å². The molecule has 1 aromatic carbocycles. The maximum absolute atomic E-state index is 12.2. The van der Waals surface area contributed by atoms with Crippen LogP contribution in [0.2, 0.25) is 0 Å². The summed E-state index contributed by atoms with van der Waals surface area (Å²) >= 11 is 0. The Kier molecular flexibility index (Phi) is 10.5. The van der Waals surface area contributed by atoms with Crippen LogP contribution < -0.4 is 0 Å². The Balaban J connectivity index is 2.60. The summed E-state index contributed by atoms with van der Waals surface area (Å²) in [4.78, 5) is 24.1. The molecule has 6 nitrogen and oxygen atoms in total. The Bertz CT molecular complexity index is 503. The van der Waals surface area contributed by atoms with E-state index in [2.05, 4.69) is 0 Å². The second-order valence-corrected chi connectivity index (χ2v) is 5.41. The Hall–Kier alpha value is -1.92. The van der Waals surface area contributed by atoms with Gasteiger partial charge >= 0.3 is 11.9 Å². The van der Waals surface area contributed by atoms with Crippen molar-refractivity contribution in [3.63, 3.8) is 0 Å². The van der Waals surface area contributed by atoms with Crippen molar-refractivity contribution >= 4 is 11.9 Å². The van der Waals surface area contributed by atoms with Gasteiger partial charge in [-0.05, 0) is 44.5 Å². The second-order valence-electron chi connectivity index (χ2n) is 5.41. The van der Waals surface area contributed by atoms with Gasteiger partial charge in [-0.25, -0.2) is 9.59 Å². The minimum atomic E-state index is -0.477.